The first-order valence-electron chi connectivity index (χ1n) is 8.83. The van der Waals surface area contributed by atoms with Crippen LogP contribution in [0.25, 0.3) is 0 Å². The molecule has 134 valence electrons. The molecule has 1 aliphatic rings. The molecule has 3 heterocycles. The van der Waals surface area contributed by atoms with Crippen LogP contribution in [-0.4, -0.2) is 56.1 Å². The molecule has 3 rings (SSSR count). The minimum atomic E-state index is 0.0848. The van der Waals surface area contributed by atoms with E-state index in [4.69, 9.17) is 4.74 Å². The van der Waals surface area contributed by atoms with Crippen molar-refractivity contribution >= 4 is 5.91 Å². The summed E-state index contributed by atoms with van der Waals surface area (Å²) < 4.78 is 7.82. The lowest BCUT2D eigenvalue weighted by Crippen LogP contribution is -2.45. The minimum absolute atomic E-state index is 0.0848. The van der Waals surface area contributed by atoms with Crippen LogP contribution >= 0.6 is 0 Å². The van der Waals surface area contributed by atoms with Crippen molar-refractivity contribution < 1.29 is 9.53 Å². The first kappa shape index (κ1) is 17.5. The highest BCUT2D eigenvalue weighted by molar-refractivity contribution is 5.76. The standard InChI is InChI=1S/C18H25N5O2/c1-15-11-16(21-13-20-15)4-5-17-12-23(9-10-25-17)18(24)3-2-7-22-8-6-19-14-22/h6,8,11,13-14,17H,2-5,7,9-10,12H2,1H3/t17-/m1/s1. The average Bonchev–Trinajstić information content (AvgIpc) is 3.14. The van der Waals surface area contributed by atoms with Gasteiger partial charge >= 0.3 is 0 Å². The molecule has 2 aromatic heterocycles. The Morgan fingerprint density at radius 3 is 3.12 bits per heavy atom. The third kappa shape index (κ3) is 5.35. The summed E-state index contributed by atoms with van der Waals surface area (Å²) in [5, 5.41) is 0. The lowest BCUT2D eigenvalue weighted by molar-refractivity contribution is -0.139. The van der Waals surface area contributed by atoms with Gasteiger partial charge in [0.15, 0.2) is 0 Å². The van der Waals surface area contributed by atoms with E-state index in [0.717, 1.165) is 37.2 Å². The summed E-state index contributed by atoms with van der Waals surface area (Å²) in [4.78, 5) is 26.8. The van der Waals surface area contributed by atoms with Crippen molar-refractivity contribution in [3.05, 3.63) is 42.5 Å². The number of imidazole rings is 1. The van der Waals surface area contributed by atoms with Crippen molar-refractivity contribution in [3.63, 3.8) is 0 Å². The highest BCUT2D eigenvalue weighted by Crippen LogP contribution is 2.13. The first-order chi connectivity index (χ1) is 12.2. The minimum Gasteiger partial charge on any atom is -0.375 e. The van der Waals surface area contributed by atoms with Gasteiger partial charge in [-0.2, -0.15) is 0 Å². The van der Waals surface area contributed by atoms with E-state index in [9.17, 15) is 4.79 Å². The molecule has 1 saturated heterocycles. The van der Waals surface area contributed by atoms with E-state index in [1.807, 2.05) is 28.7 Å². The molecule has 0 N–H and O–H groups in total. The summed E-state index contributed by atoms with van der Waals surface area (Å²) in [7, 11) is 0. The Hall–Kier alpha value is -2.28. The molecule has 7 heteroatoms. The van der Waals surface area contributed by atoms with Gasteiger partial charge in [-0.05, 0) is 32.3 Å². The number of carbonyl (C=O) groups is 1. The Balaban J connectivity index is 1.41. The van der Waals surface area contributed by atoms with Crippen LogP contribution in [0.3, 0.4) is 0 Å². The predicted octanol–water partition coefficient (Wildman–Crippen LogP) is 1.62. The number of amides is 1. The molecule has 1 fully saturated rings. The third-order valence-electron chi connectivity index (χ3n) is 4.44. The Bertz CT molecular complexity index is 674. The van der Waals surface area contributed by atoms with E-state index >= 15 is 0 Å². The molecule has 0 bridgehead atoms. The van der Waals surface area contributed by atoms with Gasteiger partial charge in [-0.1, -0.05) is 0 Å². The van der Waals surface area contributed by atoms with Gasteiger partial charge in [-0.3, -0.25) is 4.79 Å². The van der Waals surface area contributed by atoms with E-state index < -0.39 is 0 Å². The fourth-order valence-corrected chi connectivity index (χ4v) is 3.07. The first-order valence-corrected chi connectivity index (χ1v) is 8.83. The maximum Gasteiger partial charge on any atom is 0.222 e. The van der Waals surface area contributed by atoms with Gasteiger partial charge in [-0.15, -0.1) is 0 Å². The van der Waals surface area contributed by atoms with E-state index in [1.54, 1.807) is 18.9 Å². The Labute approximate surface area is 148 Å². The van der Waals surface area contributed by atoms with Crippen molar-refractivity contribution in [2.75, 3.05) is 19.7 Å². The van der Waals surface area contributed by atoms with E-state index in [2.05, 4.69) is 15.0 Å². The number of nitrogens with zero attached hydrogens (tertiary/aromatic N) is 5. The van der Waals surface area contributed by atoms with Gasteiger partial charge in [0.1, 0.15) is 6.33 Å². The van der Waals surface area contributed by atoms with Gasteiger partial charge in [-0.25, -0.2) is 15.0 Å². The summed E-state index contributed by atoms with van der Waals surface area (Å²) in [5.41, 5.74) is 2.00. The second-order valence-corrected chi connectivity index (χ2v) is 6.43. The second-order valence-electron chi connectivity index (χ2n) is 6.43. The molecule has 2 aromatic rings. The number of morpholine rings is 1. The van der Waals surface area contributed by atoms with Crippen LogP contribution in [0.15, 0.2) is 31.1 Å². The maximum absolute atomic E-state index is 12.4. The summed E-state index contributed by atoms with van der Waals surface area (Å²) >= 11 is 0. The fourth-order valence-electron chi connectivity index (χ4n) is 3.07. The zero-order valence-corrected chi connectivity index (χ0v) is 14.7. The summed E-state index contributed by atoms with van der Waals surface area (Å²) in [5.74, 6) is 0.214. The lowest BCUT2D eigenvalue weighted by Gasteiger charge is -2.33. The number of rotatable bonds is 7. The summed E-state index contributed by atoms with van der Waals surface area (Å²) in [6.45, 7) is 4.76. The van der Waals surface area contributed by atoms with Gasteiger partial charge in [0.2, 0.25) is 5.91 Å². The number of ether oxygens (including phenoxy) is 1. The highest BCUT2D eigenvalue weighted by atomic mass is 16.5. The molecule has 1 amide bonds. The van der Waals surface area contributed by atoms with Crippen LogP contribution in [-0.2, 0) is 22.5 Å². The zero-order chi connectivity index (χ0) is 17.5. The van der Waals surface area contributed by atoms with Gasteiger partial charge in [0.25, 0.3) is 0 Å². The van der Waals surface area contributed by atoms with Crippen LogP contribution in [0, 0.1) is 6.92 Å². The fraction of sp³-hybridized carbons (Fsp3) is 0.556. The number of aryl methyl sites for hydroxylation is 3. The topological polar surface area (TPSA) is 73.1 Å². The van der Waals surface area contributed by atoms with Gasteiger partial charge in [0.05, 0.1) is 19.0 Å². The normalized spacial score (nSPS) is 17.6. The summed E-state index contributed by atoms with van der Waals surface area (Å²) in [6.07, 6.45) is 10.3. The Morgan fingerprint density at radius 1 is 1.40 bits per heavy atom. The highest BCUT2D eigenvalue weighted by Gasteiger charge is 2.23. The maximum atomic E-state index is 12.4. The van der Waals surface area contributed by atoms with E-state index in [-0.39, 0.29) is 12.0 Å². The van der Waals surface area contributed by atoms with E-state index in [1.165, 1.54) is 0 Å². The van der Waals surface area contributed by atoms with Crippen LogP contribution in [0.2, 0.25) is 0 Å². The Kier molecular flexibility index (Phi) is 6.11. The average molecular weight is 343 g/mol. The molecule has 0 spiro atoms. The molecule has 0 aromatic carbocycles. The van der Waals surface area contributed by atoms with Crippen LogP contribution in [0.4, 0.5) is 0 Å². The van der Waals surface area contributed by atoms with Crippen molar-refractivity contribution in [1.29, 1.82) is 0 Å². The second kappa shape index (κ2) is 8.71. The Morgan fingerprint density at radius 2 is 2.32 bits per heavy atom. The number of hydrogen-bond donors (Lipinski definition) is 0. The van der Waals surface area contributed by atoms with Crippen molar-refractivity contribution in [3.8, 4) is 0 Å². The molecule has 0 saturated carbocycles. The number of carbonyl (C=O) groups excluding carboxylic acids is 1. The molecule has 7 nitrogen and oxygen atoms in total. The smallest absolute Gasteiger partial charge is 0.222 e. The zero-order valence-electron chi connectivity index (χ0n) is 14.7. The van der Waals surface area contributed by atoms with Crippen LogP contribution in [0.1, 0.15) is 30.7 Å². The molecule has 0 aliphatic carbocycles. The van der Waals surface area contributed by atoms with Gasteiger partial charge < -0.3 is 14.2 Å². The van der Waals surface area contributed by atoms with Crippen molar-refractivity contribution in [2.24, 2.45) is 0 Å². The molecular weight excluding hydrogens is 318 g/mol. The lowest BCUT2D eigenvalue weighted by atomic mass is 10.1. The molecule has 1 aliphatic heterocycles. The van der Waals surface area contributed by atoms with Gasteiger partial charge in [0, 0.05) is 49.8 Å². The van der Waals surface area contributed by atoms with Crippen molar-refractivity contribution in [2.45, 2.75) is 45.3 Å². The predicted molar refractivity (Wildman–Crippen MR) is 92.9 cm³/mol. The van der Waals surface area contributed by atoms with E-state index in [0.29, 0.717) is 26.1 Å². The molecule has 1 atom stereocenters. The summed E-state index contributed by atoms with van der Waals surface area (Å²) in [6, 6.07) is 2.00. The monoisotopic (exact) mass is 343 g/mol. The third-order valence-corrected chi connectivity index (χ3v) is 4.44. The molecule has 25 heavy (non-hydrogen) atoms. The van der Waals surface area contributed by atoms with Crippen molar-refractivity contribution in [1.82, 2.24) is 24.4 Å². The molecule has 0 radical (unpaired) electrons. The molecule has 0 unspecified atom stereocenters. The van der Waals surface area contributed by atoms with Crippen LogP contribution < -0.4 is 0 Å². The number of aromatic nitrogens is 4. The SMILES string of the molecule is Cc1cc(CC[C@@H]2CN(C(=O)CCCn3ccnc3)CCO2)ncn1. The molecular formula is C18H25N5O2. The largest absolute Gasteiger partial charge is 0.375 e. The van der Waals surface area contributed by atoms with Crippen LogP contribution in [0.5, 0.6) is 0 Å². The quantitative estimate of drug-likeness (QED) is 0.764. The number of hydrogen-bond acceptors (Lipinski definition) is 5.